The summed E-state index contributed by atoms with van der Waals surface area (Å²) >= 11 is 0. The molecule has 0 atom stereocenters. The first kappa shape index (κ1) is 18.6. The van der Waals surface area contributed by atoms with E-state index in [9.17, 15) is 9.18 Å². The number of carbonyl (C=O) groups is 1. The van der Waals surface area contributed by atoms with E-state index in [1.807, 2.05) is 19.1 Å². The largest absolute Gasteiger partial charge is 0.465 e. The Balaban J connectivity index is 1.79. The molecule has 9 heteroatoms. The number of nitrogens with one attached hydrogen (secondary N) is 1. The number of fused-ring (bicyclic) bond motifs is 1. The first-order chi connectivity index (χ1) is 14.0. The number of hydrogen-bond donors (Lipinski definition) is 1. The van der Waals surface area contributed by atoms with E-state index in [2.05, 4.69) is 20.4 Å². The predicted molar refractivity (Wildman–Crippen MR) is 102 cm³/mol. The molecule has 0 aliphatic carbocycles. The van der Waals surface area contributed by atoms with E-state index in [1.165, 1.54) is 12.1 Å². The van der Waals surface area contributed by atoms with Crippen molar-refractivity contribution in [2.45, 2.75) is 20.4 Å². The third kappa shape index (κ3) is 3.79. The zero-order chi connectivity index (χ0) is 20.4. The van der Waals surface area contributed by atoms with Crippen molar-refractivity contribution in [3.8, 4) is 11.3 Å². The minimum Gasteiger partial charge on any atom is -0.465 e. The van der Waals surface area contributed by atoms with Gasteiger partial charge in [-0.25, -0.2) is 14.2 Å². The van der Waals surface area contributed by atoms with Gasteiger partial charge in [-0.15, -0.1) is 0 Å². The van der Waals surface area contributed by atoms with Gasteiger partial charge in [-0.05, 0) is 50.2 Å². The quantitative estimate of drug-likeness (QED) is 0.486. The van der Waals surface area contributed by atoms with Crippen molar-refractivity contribution in [3.05, 3.63) is 59.6 Å². The lowest BCUT2D eigenvalue weighted by molar-refractivity contribution is 0.0512. The number of benzene rings is 1. The van der Waals surface area contributed by atoms with Gasteiger partial charge in [0.25, 0.3) is 5.71 Å². The van der Waals surface area contributed by atoms with Crippen molar-refractivity contribution < 1.29 is 22.9 Å². The van der Waals surface area contributed by atoms with Crippen LogP contribution in [0.15, 0.2) is 45.3 Å². The van der Waals surface area contributed by atoms with Gasteiger partial charge in [-0.2, -0.15) is 4.98 Å². The molecule has 1 N–H and O–H groups in total. The number of aryl methyl sites for hydroxylation is 1. The number of anilines is 1. The smallest absolute Gasteiger partial charge is 0.376 e. The molecule has 3 heterocycles. The molecule has 0 aliphatic rings. The zero-order valence-corrected chi connectivity index (χ0v) is 15.7. The number of rotatable bonds is 6. The number of carbonyl (C=O) groups excluding carboxylic acids is 1. The van der Waals surface area contributed by atoms with E-state index in [1.54, 1.807) is 19.1 Å². The molecule has 0 bridgehead atoms. The average Bonchev–Trinajstić information content (AvgIpc) is 3.33. The Morgan fingerprint density at radius 1 is 1.17 bits per heavy atom. The lowest BCUT2D eigenvalue weighted by Gasteiger charge is -2.08. The molecule has 29 heavy (non-hydrogen) atoms. The predicted octanol–water partition coefficient (Wildman–Crippen LogP) is 4.11. The molecule has 8 nitrogen and oxygen atoms in total. The summed E-state index contributed by atoms with van der Waals surface area (Å²) in [5.74, 6) is 0.595. The molecule has 4 rings (SSSR count). The first-order valence-corrected chi connectivity index (χ1v) is 8.95. The minimum atomic E-state index is -0.675. The number of ether oxygens (including phenoxy) is 1. The molecule has 0 saturated heterocycles. The van der Waals surface area contributed by atoms with Gasteiger partial charge in [0.15, 0.2) is 0 Å². The maximum atomic E-state index is 13.3. The van der Waals surface area contributed by atoms with Crippen LogP contribution in [0.2, 0.25) is 0 Å². The molecular formula is C20H17FN4O4. The van der Waals surface area contributed by atoms with E-state index in [-0.39, 0.29) is 24.0 Å². The molecule has 1 aromatic carbocycles. The van der Waals surface area contributed by atoms with Crippen molar-refractivity contribution >= 4 is 22.9 Å². The van der Waals surface area contributed by atoms with Gasteiger partial charge in [-0.3, -0.25) is 0 Å². The molecule has 0 aliphatic heterocycles. The molecule has 3 aromatic heterocycles. The van der Waals surface area contributed by atoms with Gasteiger partial charge in [0.05, 0.1) is 13.2 Å². The summed E-state index contributed by atoms with van der Waals surface area (Å²) in [5, 5.41) is 7.65. The maximum absolute atomic E-state index is 13.3. The van der Waals surface area contributed by atoms with Gasteiger partial charge in [-0.1, -0.05) is 5.16 Å². The zero-order valence-electron chi connectivity index (χ0n) is 15.7. The Bertz CT molecular complexity index is 1170. The highest BCUT2D eigenvalue weighted by molar-refractivity contribution is 5.99. The van der Waals surface area contributed by atoms with E-state index in [0.717, 1.165) is 5.76 Å². The summed E-state index contributed by atoms with van der Waals surface area (Å²) in [6, 6.07) is 9.48. The molecule has 0 radical (unpaired) electrons. The topological polar surface area (TPSA) is 103 Å². The summed E-state index contributed by atoms with van der Waals surface area (Å²) in [5.41, 5.74) is 1.16. The lowest BCUT2D eigenvalue weighted by Crippen LogP contribution is -2.12. The summed E-state index contributed by atoms with van der Waals surface area (Å²) in [7, 11) is 0. The van der Waals surface area contributed by atoms with Crippen molar-refractivity contribution in [2.24, 2.45) is 0 Å². The first-order valence-electron chi connectivity index (χ1n) is 8.95. The van der Waals surface area contributed by atoms with Gasteiger partial charge >= 0.3 is 5.97 Å². The van der Waals surface area contributed by atoms with Crippen molar-refractivity contribution in [1.82, 2.24) is 15.1 Å². The van der Waals surface area contributed by atoms with Crippen LogP contribution in [-0.4, -0.2) is 27.7 Å². The normalized spacial score (nSPS) is 11.0. The fourth-order valence-electron chi connectivity index (χ4n) is 2.82. The van der Waals surface area contributed by atoms with E-state index in [0.29, 0.717) is 34.8 Å². The Labute approximate surface area is 164 Å². The van der Waals surface area contributed by atoms with Crippen LogP contribution in [0.5, 0.6) is 0 Å². The van der Waals surface area contributed by atoms with Crippen molar-refractivity contribution in [2.75, 3.05) is 11.9 Å². The van der Waals surface area contributed by atoms with Crippen LogP contribution in [0.3, 0.4) is 0 Å². The van der Waals surface area contributed by atoms with Gasteiger partial charge in [0, 0.05) is 5.56 Å². The number of nitrogens with zero attached hydrogens (tertiary/aromatic N) is 3. The van der Waals surface area contributed by atoms with E-state index >= 15 is 0 Å². The van der Waals surface area contributed by atoms with E-state index in [4.69, 9.17) is 13.7 Å². The minimum absolute atomic E-state index is 0.112. The lowest BCUT2D eigenvalue weighted by atomic mass is 10.1. The molecule has 0 spiro atoms. The number of hydrogen-bond acceptors (Lipinski definition) is 8. The molecular weight excluding hydrogens is 379 g/mol. The van der Waals surface area contributed by atoms with Crippen LogP contribution in [0.1, 0.15) is 29.1 Å². The fourth-order valence-corrected chi connectivity index (χ4v) is 2.82. The Morgan fingerprint density at radius 2 is 1.97 bits per heavy atom. The highest BCUT2D eigenvalue weighted by Crippen LogP contribution is 2.32. The average molecular weight is 396 g/mol. The maximum Gasteiger partial charge on any atom is 0.376 e. The number of esters is 1. The molecule has 148 valence electrons. The van der Waals surface area contributed by atoms with Gasteiger partial charge < -0.3 is 19.0 Å². The van der Waals surface area contributed by atoms with Crippen LogP contribution in [-0.2, 0) is 11.3 Å². The second-order valence-electron chi connectivity index (χ2n) is 6.20. The SMILES string of the molecule is CCOC(=O)c1nc(NCc2ccc(C)o2)c2c(-c3ccc(F)cc3)noc2n1. The van der Waals surface area contributed by atoms with Crippen molar-refractivity contribution in [3.63, 3.8) is 0 Å². The third-order valence-corrected chi connectivity index (χ3v) is 4.14. The Morgan fingerprint density at radius 3 is 2.66 bits per heavy atom. The van der Waals surface area contributed by atoms with Crippen LogP contribution >= 0.6 is 0 Å². The van der Waals surface area contributed by atoms with Crippen LogP contribution in [0, 0.1) is 12.7 Å². The molecule has 0 unspecified atom stereocenters. The van der Waals surface area contributed by atoms with Gasteiger partial charge in [0.1, 0.15) is 34.2 Å². The summed E-state index contributed by atoms with van der Waals surface area (Å²) in [6.45, 7) is 4.04. The van der Waals surface area contributed by atoms with Crippen LogP contribution in [0.25, 0.3) is 22.4 Å². The molecule has 0 fully saturated rings. The Hall–Kier alpha value is -3.75. The number of halogens is 1. The Kier molecular flexibility index (Phi) is 4.94. The standard InChI is InChI=1S/C20H17FN4O4/c1-3-27-20(26)18-23-17(22-10-14-9-4-11(2)28-14)15-16(25-29-19(15)24-18)12-5-7-13(21)8-6-12/h4-9H,3,10H2,1-2H3,(H,22,23,24). The highest BCUT2D eigenvalue weighted by Gasteiger charge is 2.22. The monoisotopic (exact) mass is 396 g/mol. The molecule has 4 aromatic rings. The van der Waals surface area contributed by atoms with Gasteiger partial charge in [0.2, 0.25) is 5.82 Å². The highest BCUT2D eigenvalue weighted by atomic mass is 19.1. The summed E-state index contributed by atoms with van der Waals surface area (Å²) in [6.07, 6.45) is 0. The van der Waals surface area contributed by atoms with E-state index < -0.39 is 5.97 Å². The summed E-state index contributed by atoms with van der Waals surface area (Å²) < 4.78 is 29.2. The molecule has 0 saturated carbocycles. The number of aromatic nitrogens is 3. The fraction of sp³-hybridized carbons (Fsp3) is 0.200. The third-order valence-electron chi connectivity index (χ3n) is 4.14. The number of furan rings is 1. The van der Waals surface area contributed by atoms with Crippen molar-refractivity contribution in [1.29, 1.82) is 0 Å². The van der Waals surface area contributed by atoms with Crippen LogP contribution in [0.4, 0.5) is 10.2 Å². The summed E-state index contributed by atoms with van der Waals surface area (Å²) in [4.78, 5) is 20.6. The second kappa shape index (κ2) is 7.70. The molecule has 0 amide bonds. The second-order valence-corrected chi connectivity index (χ2v) is 6.20. The van der Waals surface area contributed by atoms with Crippen LogP contribution < -0.4 is 5.32 Å².